The van der Waals surface area contributed by atoms with Crippen LogP contribution in [0.2, 0.25) is 0 Å². The molecule has 0 aliphatic carbocycles. The van der Waals surface area contributed by atoms with Gasteiger partial charge in [-0.05, 0) is 35.4 Å². The molecule has 9 nitrogen and oxygen atoms in total. The number of carbonyl (C=O) groups excluding carboxylic acids is 2. The highest BCUT2D eigenvalue weighted by molar-refractivity contribution is 5.85. The molecule has 0 saturated heterocycles. The van der Waals surface area contributed by atoms with Crippen LogP contribution < -0.4 is 15.5 Å². The van der Waals surface area contributed by atoms with Crippen LogP contribution in [0.15, 0.2) is 95.6 Å². The highest BCUT2D eigenvalue weighted by atomic mass is 16.5. The van der Waals surface area contributed by atoms with E-state index in [9.17, 15) is 9.59 Å². The van der Waals surface area contributed by atoms with Gasteiger partial charge in [-0.25, -0.2) is 15.3 Å². The Morgan fingerprint density at radius 1 is 0.919 bits per heavy atom. The van der Waals surface area contributed by atoms with Gasteiger partial charge in [-0.3, -0.25) is 10.0 Å². The number of hydrogen-bond acceptors (Lipinski definition) is 7. The fourth-order valence-corrected chi connectivity index (χ4v) is 3.56. The molecule has 0 aliphatic heterocycles. The Morgan fingerprint density at radius 2 is 1.62 bits per heavy atom. The second-order valence-electron chi connectivity index (χ2n) is 8.19. The Labute approximate surface area is 214 Å². The maximum Gasteiger partial charge on any atom is 0.408 e. The van der Waals surface area contributed by atoms with Crippen LogP contribution in [0.3, 0.4) is 0 Å². The van der Waals surface area contributed by atoms with Crippen molar-refractivity contribution in [1.29, 1.82) is 0 Å². The van der Waals surface area contributed by atoms with Gasteiger partial charge < -0.3 is 19.2 Å². The molecule has 0 fully saturated rings. The highest BCUT2D eigenvalue weighted by Crippen LogP contribution is 2.19. The molecule has 0 unspecified atom stereocenters. The highest BCUT2D eigenvalue weighted by Gasteiger charge is 2.22. The summed E-state index contributed by atoms with van der Waals surface area (Å²) in [4.78, 5) is 28.8. The number of nitrogens with zero attached hydrogens (tertiary/aromatic N) is 1. The largest absolute Gasteiger partial charge is 0.493 e. The molecule has 0 aliphatic rings. The lowest BCUT2D eigenvalue weighted by atomic mass is 10.1. The number of amides is 2. The van der Waals surface area contributed by atoms with E-state index in [4.69, 9.17) is 19.1 Å². The first-order chi connectivity index (χ1) is 18.1. The Morgan fingerprint density at radius 3 is 2.32 bits per heavy atom. The van der Waals surface area contributed by atoms with Crippen LogP contribution >= 0.6 is 0 Å². The van der Waals surface area contributed by atoms with Crippen LogP contribution in [0, 0.1) is 0 Å². The number of benzene rings is 3. The van der Waals surface area contributed by atoms with Gasteiger partial charge in [-0.15, -0.1) is 0 Å². The Bertz CT molecular complexity index is 1280. The van der Waals surface area contributed by atoms with Gasteiger partial charge in [0.25, 0.3) is 5.91 Å². The first-order valence-corrected chi connectivity index (χ1v) is 11.7. The van der Waals surface area contributed by atoms with Crippen molar-refractivity contribution in [2.45, 2.75) is 25.5 Å². The zero-order valence-electron chi connectivity index (χ0n) is 20.0. The van der Waals surface area contributed by atoms with Gasteiger partial charge in [0.2, 0.25) is 5.89 Å². The summed E-state index contributed by atoms with van der Waals surface area (Å²) in [6.07, 6.45) is 1.58. The minimum atomic E-state index is -1.02. The molecule has 0 bridgehead atoms. The second-order valence-corrected chi connectivity index (χ2v) is 8.19. The number of oxazole rings is 1. The molecule has 0 radical (unpaired) electrons. The average molecular weight is 502 g/mol. The molecular formula is C28H27N3O6. The predicted octanol–water partition coefficient (Wildman–Crippen LogP) is 4.31. The van der Waals surface area contributed by atoms with Crippen molar-refractivity contribution < 1.29 is 28.7 Å². The quantitative estimate of drug-likeness (QED) is 0.207. The minimum absolute atomic E-state index is 0.0636. The number of aromatic nitrogens is 1. The van der Waals surface area contributed by atoms with Crippen LogP contribution in [0.1, 0.15) is 16.8 Å². The molecule has 4 rings (SSSR count). The van der Waals surface area contributed by atoms with Crippen LogP contribution in [-0.2, 0) is 29.0 Å². The summed E-state index contributed by atoms with van der Waals surface area (Å²) >= 11 is 0. The summed E-state index contributed by atoms with van der Waals surface area (Å²) in [5.41, 5.74) is 4.86. The molecule has 3 aromatic carbocycles. The van der Waals surface area contributed by atoms with E-state index in [1.165, 1.54) is 0 Å². The van der Waals surface area contributed by atoms with Gasteiger partial charge in [-0.1, -0.05) is 60.7 Å². The van der Waals surface area contributed by atoms with Crippen molar-refractivity contribution in [2.75, 3.05) is 6.61 Å². The molecule has 9 heteroatoms. The average Bonchev–Trinajstić information content (AvgIpc) is 3.42. The zero-order valence-corrected chi connectivity index (χ0v) is 20.0. The molecule has 37 heavy (non-hydrogen) atoms. The number of nitrogens with one attached hydrogen (secondary N) is 2. The van der Waals surface area contributed by atoms with E-state index in [0.29, 0.717) is 24.7 Å². The van der Waals surface area contributed by atoms with Crippen molar-refractivity contribution in [2.24, 2.45) is 0 Å². The molecule has 0 spiro atoms. The fourth-order valence-electron chi connectivity index (χ4n) is 3.56. The molecule has 190 valence electrons. The van der Waals surface area contributed by atoms with Gasteiger partial charge in [0.15, 0.2) is 0 Å². The third-order valence-corrected chi connectivity index (χ3v) is 5.49. The fraction of sp³-hybridized carbons (Fsp3) is 0.179. The molecule has 2 amide bonds. The third kappa shape index (κ3) is 7.68. The first-order valence-electron chi connectivity index (χ1n) is 11.7. The number of ether oxygens (including phenoxy) is 2. The summed E-state index contributed by atoms with van der Waals surface area (Å²) in [6.45, 7) is 0.471. The van der Waals surface area contributed by atoms with E-state index >= 15 is 0 Å². The summed E-state index contributed by atoms with van der Waals surface area (Å²) in [5.74, 6) is 0.465. The number of carbonyl (C=O) groups is 2. The van der Waals surface area contributed by atoms with E-state index in [1.54, 1.807) is 36.0 Å². The monoisotopic (exact) mass is 501 g/mol. The first kappa shape index (κ1) is 25.5. The van der Waals surface area contributed by atoms with Gasteiger partial charge in [0.05, 0.1) is 12.3 Å². The van der Waals surface area contributed by atoms with Crippen LogP contribution in [0.4, 0.5) is 4.79 Å². The topological polar surface area (TPSA) is 123 Å². The lowest BCUT2D eigenvalue weighted by Crippen LogP contribution is -2.47. The second kappa shape index (κ2) is 12.9. The molecule has 0 saturated carbocycles. The summed E-state index contributed by atoms with van der Waals surface area (Å²) < 4.78 is 16.5. The standard InChI is InChI=1S/C28H27N3O6/c32-26(31-34)25(30-28(33)37-18-21-7-3-1-4-8-21)17-20-11-13-24(14-12-20)35-16-15-23-19-36-27(29-23)22-9-5-2-6-10-22/h1-14,19,25,34H,15-18H2,(H,30,33)(H,31,32)/t25-/m0/s1. The Kier molecular flexibility index (Phi) is 8.87. The number of alkyl carbamates (subject to hydrolysis) is 1. The SMILES string of the molecule is O=C(N[C@@H](Cc1ccc(OCCc2coc(-c3ccccc3)n2)cc1)C(=O)NO)OCc1ccccc1. The van der Waals surface area contributed by atoms with Crippen molar-refractivity contribution in [1.82, 2.24) is 15.8 Å². The summed E-state index contributed by atoms with van der Waals surface area (Å²) in [7, 11) is 0. The van der Waals surface area contributed by atoms with E-state index in [1.807, 2.05) is 60.7 Å². The summed E-state index contributed by atoms with van der Waals surface area (Å²) in [6, 6.07) is 24.9. The number of rotatable bonds is 11. The molecule has 1 aromatic heterocycles. The van der Waals surface area contributed by atoms with Gasteiger partial charge in [0, 0.05) is 18.4 Å². The molecule has 4 aromatic rings. The Balaban J connectivity index is 1.25. The van der Waals surface area contributed by atoms with Crippen molar-refractivity contribution in [3.05, 3.63) is 108 Å². The molecular weight excluding hydrogens is 474 g/mol. The van der Waals surface area contributed by atoms with Crippen LogP contribution in [0.5, 0.6) is 5.75 Å². The van der Waals surface area contributed by atoms with Crippen molar-refractivity contribution in [3.8, 4) is 17.2 Å². The maximum absolute atomic E-state index is 12.2. The minimum Gasteiger partial charge on any atom is -0.493 e. The predicted molar refractivity (Wildman–Crippen MR) is 135 cm³/mol. The number of hydrogen-bond donors (Lipinski definition) is 3. The maximum atomic E-state index is 12.2. The van der Waals surface area contributed by atoms with Gasteiger partial charge in [0.1, 0.15) is 24.7 Å². The van der Waals surface area contributed by atoms with E-state index < -0.39 is 18.0 Å². The van der Waals surface area contributed by atoms with E-state index in [-0.39, 0.29) is 13.0 Å². The lowest BCUT2D eigenvalue weighted by Gasteiger charge is -2.17. The zero-order chi connectivity index (χ0) is 25.9. The van der Waals surface area contributed by atoms with Crippen LogP contribution in [-0.4, -0.2) is 34.8 Å². The molecule has 1 heterocycles. The normalized spacial score (nSPS) is 11.4. The smallest absolute Gasteiger partial charge is 0.408 e. The molecule has 3 N–H and O–H groups in total. The third-order valence-electron chi connectivity index (χ3n) is 5.49. The van der Waals surface area contributed by atoms with Gasteiger partial charge in [-0.2, -0.15) is 0 Å². The molecule has 1 atom stereocenters. The Hall–Kier alpha value is -4.63. The van der Waals surface area contributed by atoms with E-state index in [0.717, 1.165) is 22.4 Å². The summed E-state index contributed by atoms with van der Waals surface area (Å²) in [5, 5.41) is 11.6. The lowest BCUT2D eigenvalue weighted by molar-refractivity contribution is -0.131. The van der Waals surface area contributed by atoms with Gasteiger partial charge >= 0.3 is 6.09 Å². The van der Waals surface area contributed by atoms with Crippen LogP contribution in [0.25, 0.3) is 11.5 Å². The number of hydroxylamine groups is 1. The van der Waals surface area contributed by atoms with Crippen molar-refractivity contribution >= 4 is 12.0 Å². The van der Waals surface area contributed by atoms with Crippen molar-refractivity contribution in [3.63, 3.8) is 0 Å². The van der Waals surface area contributed by atoms with E-state index in [2.05, 4.69) is 10.3 Å².